The highest BCUT2D eigenvalue weighted by molar-refractivity contribution is 7.09. The molecule has 6 heteroatoms. The number of carboxylic acid groups (broad SMARTS) is 1. The van der Waals surface area contributed by atoms with Crippen LogP contribution in [0.25, 0.3) is 0 Å². The van der Waals surface area contributed by atoms with E-state index in [0.717, 1.165) is 5.01 Å². The molecule has 0 fully saturated rings. The number of pyridine rings is 1. The van der Waals surface area contributed by atoms with Crippen molar-refractivity contribution in [3.8, 4) is 0 Å². The van der Waals surface area contributed by atoms with E-state index in [1.165, 1.54) is 6.07 Å². The van der Waals surface area contributed by atoms with Crippen LogP contribution in [0.1, 0.15) is 34.0 Å². The number of aromatic carboxylic acids is 1. The van der Waals surface area contributed by atoms with Crippen molar-refractivity contribution in [3.63, 3.8) is 0 Å². The Kier molecular flexibility index (Phi) is 3.57. The number of hydrogen-bond acceptors (Lipinski definition) is 5. The van der Waals surface area contributed by atoms with Crippen LogP contribution in [-0.2, 0) is 0 Å². The first-order chi connectivity index (χ1) is 8.56. The van der Waals surface area contributed by atoms with Crippen LogP contribution in [0.2, 0.25) is 0 Å². The van der Waals surface area contributed by atoms with Gasteiger partial charge in [-0.05, 0) is 26.0 Å². The molecular formula is C12H13N3O2S. The molecule has 0 saturated heterocycles. The number of nitrogens with zero attached hydrogens (tertiary/aromatic N) is 2. The normalized spacial score (nSPS) is 12.1. The summed E-state index contributed by atoms with van der Waals surface area (Å²) < 4.78 is 0. The molecule has 0 amide bonds. The van der Waals surface area contributed by atoms with Crippen molar-refractivity contribution in [2.75, 3.05) is 5.32 Å². The van der Waals surface area contributed by atoms with Crippen LogP contribution >= 0.6 is 11.3 Å². The maximum Gasteiger partial charge on any atom is 0.335 e. The van der Waals surface area contributed by atoms with Gasteiger partial charge in [0.2, 0.25) is 0 Å². The molecule has 0 saturated carbocycles. The highest BCUT2D eigenvalue weighted by atomic mass is 32.1. The van der Waals surface area contributed by atoms with E-state index in [9.17, 15) is 4.79 Å². The first-order valence-corrected chi connectivity index (χ1v) is 6.32. The molecule has 0 spiro atoms. The molecule has 2 rings (SSSR count). The Labute approximate surface area is 109 Å². The maximum absolute atomic E-state index is 11.0. The highest BCUT2D eigenvalue weighted by Crippen LogP contribution is 2.20. The van der Waals surface area contributed by atoms with E-state index in [-0.39, 0.29) is 11.6 Å². The molecule has 2 heterocycles. The molecule has 94 valence electrons. The lowest BCUT2D eigenvalue weighted by atomic mass is 10.2. The smallest absolute Gasteiger partial charge is 0.335 e. The predicted octanol–water partition coefficient (Wildman–Crippen LogP) is 2.72. The molecule has 18 heavy (non-hydrogen) atoms. The van der Waals surface area contributed by atoms with Crippen LogP contribution in [0.15, 0.2) is 23.7 Å². The number of thiazole rings is 1. The number of carbonyl (C=O) groups is 1. The van der Waals surface area contributed by atoms with E-state index in [0.29, 0.717) is 11.5 Å². The summed E-state index contributed by atoms with van der Waals surface area (Å²) in [6.07, 6.45) is 1.74. The van der Waals surface area contributed by atoms with Gasteiger partial charge in [0.25, 0.3) is 0 Å². The molecule has 1 unspecified atom stereocenters. The molecule has 0 aliphatic carbocycles. The number of aromatic nitrogens is 2. The number of hydrogen-bond donors (Lipinski definition) is 2. The van der Waals surface area contributed by atoms with Crippen molar-refractivity contribution in [1.82, 2.24) is 9.97 Å². The van der Waals surface area contributed by atoms with E-state index >= 15 is 0 Å². The summed E-state index contributed by atoms with van der Waals surface area (Å²) in [5.74, 6) is -0.402. The Balaban J connectivity index is 2.21. The van der Waals surface area contributed by atoms with Crippen molar-refractivity contribution in [2.45, 2.75) is 19.9 Å². The summed E-state index contributed by atoms with van der Waals surface area (Å²) in [4.78, 5) is 19.4. The molecule has 1 atom stereocenters. The van der Waals surface area contributed by atoms with Gasteiger partial charge < -0.3 is 10.4 Å². The second kappa shape index (κ2) is 5.14. The SMILES string of the molecule is Cc1cc(C(=O)O)cc(NC(C)c2nccs2)n1. The molecule has 0 aromatic carbocycles. The summed E-state index contributed by atoms with van der Waals surface area (Å²) in [5, 5.41) is 15.0. The largest absolute Gasteiger partial charge is 0.478 e. The first-order valence-electron chi connectivity index (χ1n) is 5.44. The maximum atomic E-state index is 11.0. The Morgan fingerprint density at radius 3 is 2.89 bits per heavy atom. The summed E-state index contributed by atoms with van der Waals surface area (Å²) >= 11 is 1.55. The third-order valence-corrected chi connectivity index (χ3v) is 3.34. The van der Waals surface area contributed by atoms with E-state index in [2.05, 4.69) is 15.3 Å². The molecule has 2 aromatic heterocycles. The van der Waals surface area contributed by atoms with Crippen molar-refractivity contribution in [3.05, 3.63) is 40.0 Å². The Bertz CT molecular complexity index is 554. The second-order valence-electron chi connectivity index (χ2n) is 3.92. The fourth-order valence-corrected chi connectivity index (χ4v) is 2.24. The van der Waals surface area contributed by atoms with E-state index < -0.39 is 5.97 Å². The zero-order valence-electron chi connectivity index (χ0n) is 10.0. The quantitative estimate of drug-likeness (QED) is 0.887. The number of aryl methyl sites for hydroxylation is 1. The summed E-state index contributed by atoms with van der Waals surface area (Å²) in [7, 11) is 0. The van der Waals surface area contributed by atoms with Gasteiger partial charge in [-0.1, -0.05) is 0 Å². The minimum absolute atomic E-state index is 0.000875. The summed E-state index contributed by atoms with van der Waals surface area (Å²) in [6, 6.07) is 3.07. The standard InChI is InChI=1S/C12H13N3O2S/c1-7-5-9(12(16)17)6-10(14-7)15-8(2)11-13-3-4-18-11/h3-6,8H,1-2H3,(H,14,15)(H,16,17). The van der Waals surface area contributed by atoms with Gasteiger partial charge in [-0.15, -0.1) is 11.3 Å². The predicted molar refractivity (Wildman–Crippen MR) is 70.1 cm³/mol. The van der Waals surface area contributed by atoms with Gasteiger partial charge >= 0.3 is 5.97 Å². The molecule has 0 radical (unpaired) electrons. The number of carboxylic acids is 1. The fourth-order valence-electron chi connectivity index (χ4n) is 1.60. The lowest BCUT2D eigenvalue weighted by Gasteiger charge is -2.12. The molecule has 2 aromatic rings. The molecule has 2 N–H and O–H groups in total. The fraction of sp³-hybridized carbons (Fsp3) is 0.250. The average molecular weight is 263 g/mol. The Morgan fingerprint density at radius 1 is 1.50 bits per heavy atom. The van der Waals surface area contributed by atoms with E-state index in [1.807, 2.05) is 12.3 Å². The highest BCUT2D eigenvalue weighted by Gasteiger charge is 2.11. The van der Waals surface area contributed by atoms with E-state index in [4.69, 9.17) is 5.11 Å². The van der Waals surface area contributed by atoms with Crippen LogP contribution in [0.5, 0.6) is 0 Å². The summed E-state index contributed by atoms with van der Waals surface area (Å²) in [5.41, 5.74) is 0.903. The van der Waals surface area contributed by atoms with Crippen molar-refractivity contribution in [1.29, 1.82) is 0 Å². The Hall–Kier alpha value is -1.95. The molecule has 0 aliphatic rings. The average Bonchev–Trinajstić information content (AvgIpc) is 2.81. The van der Waals surface area contributed by atoms with Crippen molar-refractivity contribution >= 4 is 23.1 Å². The van der Waals surface area contributed by atoms with Gasteiger partial charge in [-0.2, -0.15) is 0 Å². The van der Waals surface area contributed by atoms with Crippen LogP contribution in [0.4, 0.5) is 5.82 Å². The van der Waals surface area contributed by atoms with Gasteiger partial charge in [-0.25, -0.2) is 14.8 Å². The Morgan fingerprint density at radius 2 is 2.28 bits per heavy atom. The van der Waals surface area contributed by atoms with Gasteiger partial charge in [-0.3, -0.25) is 0 Å². The minimum atomic E-state index is -0.953. The van der Waals surface area contributed by atoms with Crippen LogP contribution in [0.3, 0.4) is 0 Å². The van der Waals surface area contributed by atoms with Gasteiger partial charge in [0, 0.05) is 17.3 Å². The zero-order chi connectivity index (χ0) is 13.1. The lowest BCUT2D eigenvalue weighted by molar-refractivity contribution is 0.0696. The van der Waals surface area contributed by atoms with Gasteiger partial charge in [0.15, 0.2) is 0 Å². The molecular weight excluding hydrogens is 250 g/mol. The van der Waals surface area contributed by atoms with Gasteiger partial charge in [0.05, 0.1) is 11.6 Å². The van der Waals surface area contributed by atoms with Crippen molar-refractivity contribution in [2.24, 2.45) is 0 Å². The summed E-state index contributed by atoms with van der Waals surface area (Å²) in [6.45, 7) is 3.73. The van der Waals surface area contributed by atoms with Crippen LogP contribution in [0, 0.1) is 6.92 Å². The minimum Gasteiger partial charge on any atom is -0.478 e. The molecule has 0 aliphatic heterocycles. The van der Waals surface area contributed by atoms with Crippen LogP contribution < -0.4 is 5.32 Å². The molecule has 5 nitrogen and oxygen atoms in total. The number of nitrogens with one attached hydrogen (secondary N) is 1. The van der Waals surface area contributed by atoms with Crippen LogP contribution in [-0.4, -0.2) is 21.0 Å². The first kappa shape index (κ1) is 12.5. The van der Waals surface area contributed by atoms with Crippen molar-refractivity contribution < 1.29 is 9.90 Å². The van der Waals surface area contributed by atoms with E-state index in [1.54, 1.807) is 30.5 Å². The third-order valence-electron chi connectivity index (χ3n) is 2.39. The topological polar surface area (TPSA) is 75.1 Å². The number of rotatable bonds is 4. The monoisotopic (exact) mass is 263 g/mol. The zero-order valence-corrected chi connectivity index (χ0v) is 10.9. The second-order valence-corrected chi connectivity index (χ2v) is 4.85. The lowest BCUT2D eigenvalue weighted by Crippen LogP contribution is -2.09. The third kappa shape index (κ3) is 2.84. The number of anilines is 1. The van der Waals surface area contributed by atoms with Gasteiger partial charge in [0.1, 0.15) is 10.8 Å². The molecule has 0 bridgehead atoms.